The van der Waals surface area contributed by atoms with E-state index in [1.54, 1.807) is 19.2 Å². The number of benzene rings is 1. The molecular formula is C17H24N2O3. The Morgan fingerprint density at radius 3 is 2.59 bits per heavy atom. The van der Waals surface area contributed by atoms with Crippen LogP contribution in [0.1, 0.15) is 31.1 Å². The van der Waals surface area contributed by atoms with E-state index in [-0.39, 0.29) is 23.8 Å². The molecule has 1 saturated heterocycles. The maximum absolute atomic E-state index is 12.7. The Bertz CT molecular complexity index is 557. The SMILES string of the molecule is COc1cccc(C(=O)N2CCN(C(=O)C(C)C)CC2C)c1. The molecule has 1 unspecified atom stereocenters. The number of carbonyl (C=O) groups is 2. The summed E-state index contributed by atoms with van der Waals surface area (Å²) in [4.78, 5) is 28.4. The molecule has 1 fully saturated rings. The second-order valence-corrected chi connectivity index (χ2v) is 6.02. The molecule has 22 heavy (non-hydrogen) atoms. The predicted molar refractivity (Wildman–Crippen MR) is 84.9 cm³/mol. The number of methoxy groups -OCH3 is 1. The molecule has 1 aromatic carbocycles. The molecule has 0 N–H and O–H groups in total. The summed E-state index contributed by atoms with van der Waals surface area (Å²) < 4.78 is 5.17. The molecule has 0 saturated carbocycles. The summed E-state index contributed by atoms with van der Waals surface area (Å²) in [5.74, 6) is 0.809. The maximum atomic E-state index is 12.7. The Morgan fingerprint density at radius 1 is 1.27 bits per heavy atom. The first-order valence-electron chi connectivity index (χ1n) is 7.68. The van der Waals surface area contributed by atoms with Crippen molar-refractivity contribution in [1.29, 1.82) is 0 Å². The lowest BCUT2D eigenvalue weighted by atomic mass is 10.1. The van der Waals surface area contributed by atoms with E-state index >= 15 is 0 Å². The molecule has 120 valence electrons. The Kier molecular flexibility index (Phi) is 5.06. The first-order chi connectivity index (χ1) is 10.4. The lowest BCUT2D eigenvalue weighted by Crippen LogP contribution is -2.56. The van der Waals surface area contributed by atoms with Crippen molar-refractivity contribution in [2.75, 3.05) is 26.7 Å². The Balaban J connectivity index is 2.07. The maximum Gasteiger partial charge on any atom is 0.254 e. The Labute approximate surface area is 131 Å². The minimum atomic E-state index is -0.0111. The van der Waals surface area contributed by atoms with Gasteiger partial charge in [0.05, 0.1) is 7.11 Å². The van der Waals surface area contributed by atoms with Gasteiger partial charge in [-0.15, -0.1) is 0 Å². The van der Waals surface area contributed by atoms with Gasteiger partial charge in [0.15, 0.2) is 0 Å². The van der Waals surface area contributed by atoms with Crippen LogP contribution in [0.3, 0.4) is 0 Å². The number of nitrogens with zero attached hydrogens (tertiary/aromatic N) is 2. The zero-order valence-corrected chi connectivity index (χ0v) is 13.7. The summed E-state index contributed by atoms with van der Waals surface area (Å²) in [5.41, 5.74) is 0.620. The molecule has 1 heterocycles. The molecular weight excluding hydrogens is 280 g/mol. The number of hydrogen-bond donors (Lipinski definition) is 0. The van der Waals surface area contributed by atoms with Crippen molar-refractivity contribution in [2.45, 2.75) is 26.8 Å². The Morgan fingerprint density at radius 2 is 2.00 bits per heavy atom. The zero-order valence-electron chi connectivity index (χ0n) is 13.7. The van der Waals surface area contributed by atoms with Crippen LogP contribution >= 0.6 is 0 Å². The van der Waals surface area contributed by atoms with Gasteiger partial charge in [0, 0.05) is 37.2 Å². The van der Waals surface area contributed by atoms with Crippen LogP contribution in [0.4, 0.5) is 0 Å². The van der Waals surface area contributed by atoms with Crippen LogP contribution in [0.5, 0.6) is 5.75 Å². The first-order valence-corrected chi connectivity index (χ1v) is 7.68. The molecule has 1 aromatic rings. The molecule has 2 rings (SSSR count). The lowest BCUT2D eigenvalue weighted by Gasteiger charge is -2.40. The number of ether oxygens (including phenoxy) is 1. The van der Waals surface area contributed by atoms with E-state index in [4.69, 9.17) is 4.74 Å². The fourth-order valence-electron chi connectivity index (χ4n) is 2.75. The zero-order chi connectivity index (χ0) is 16.3. The fraction of sp³-hybridized carbons (Fsp3) is 0.529. The third-order valence-electron chi connectivity index (χ3n) is 4.01. The van der Waals surface area contributed by atoms with Gasteiger partial charge in [-0.05, 0) is 25.1 Å². The van der Waals surface area contributed by atoms with Crippen LogP contribution < -0.4 is 4.74 Å². The average Bonchev–Trinajstić information content (AvgIpc) is 2.53. The number of rotatable bonds is 3. The molecule has 0 aliphatic carbocycles. The third-order valence-corrected chi connectivity index (χ3v) is 4.01. The first kappa shape index (κ1) is 16.3. The van der Waals surface area contributed by atoms with Gasteiger partial charge in [-0.1, -0.05) is 19.9 Å². The van der Waals surface area contributed by atoms with Crippen molar-refractivity contribution in [3.63, 3.8) is 0 Å². The highest BCUT2D eigenvalue weighted by Gasteiger charge is 2.31. The normalized spacial score (nSPS) is 18.5. The van der Waals surface area contributed by atoms with Crippen molar-refractivity contribution in [3.05, 3.63) is 29.8 Å². The summed E-state index contributed by atoms with van der Waals surface area (Å²) in [6.07, 6.45) is 0. The molecule has 1 atom stereocenters. The molecule has 5 heteroatoms. The summed E-state index contributed by atoms with van der Waals surface area (Å²) in [6, 6.07) is 7.19. The highest BCUT2D eigenvalue weighted by molar-refractivity contribution is 5.95. The minimum absolute atomic E-state index is 0.00663. The number of carbonyl (C=O) groups excluding carboxylic acids is 2. The monoisotopic (exact) mass is 304 g/mol. The van der Waals surface area contributed by atoms with E-state index in [0.717, 1.165) is 0 Å². The predicted octanol–water partition coefficient (Wildman–Crippen LogP) is 2.02. The van der Waals surface area contributed by atoms with Gasteiger partial charge in [0.2, 0.25) is 5.91 Å². The topological polar surface area (TPSA) is 49.9 Å². The lowest BCUT2D eigenvalue weighted by molar-refractivity contribution is -0.136. The smallest absolute Gasteiger partial charge is 0.254 e. The molecule has 2 amide bonds. The van der Waals surface area contributed by atoms with Crippen LogP contribution in [0.15, 0.2) is 24.3 Å². The highest BCUT2D eigenvalue weighted by atomic mass is 16.5. The van der Waals surface area contributed by atoms with E-state index in [1.807, 2.05) is 42.7 Å². The standard InChI is InChI=1S/C17H24N2O3/c1-12(2)16(20)18-8-9-19(13(3)11-18)17(21)14-6-5-7-15(10-14)22-4/h5-7,10,12-13H,8-9,11H2,1-4H3. The van der Waals surface area contributed by atoms with Crippen LogP contribution in [0, 0.1) is 5.92 Å². The van der Waals surface area contributed by atoms with E-state index < -0.39 is 0 Å². The largest absolute Gasteiger partial charge is 0.497 e. The average molecular weight is 304 g/mol. The molecule has 0 bridgehead atoms. The van der Waals surface area contributed by atoms with E-state index in [1.165, 1.54) is 0 Å². The fourth-order valence-corrected chi connectivity index (χ4v) is 2.75. The van der Waals surface area contributed by atoms with Crippen molar-refractivity contribution >= 4 is 11.8 Å². The van der Waals surface area contributed by atoms with E-state index in [9.17, 15) is 9.59 Å². The van der Waals surface area contributed by atoms with Gasteiger partial charge >= 0.3 is 0 Å². The van der Waals surface area contributed by atoms with Gasteiger partial charge < -0.3 is 14.5 Å². The summed E-state index contributed by atoms with van der Waals surface area (Å²) in [7, 11) is 1.59. The van der Waals surface area contributed by atoms with Gasteiger partial charge in [-0.2, -0.15) is 0 Å². The highest BCUT2D eigenvalue weighted by Crippen LogP contribution is 2.18. The molecule has 1 aliphatic rings. The van der Waals surface area contributed by atoms with Crippen LogP contribution in [-0.2, 0) is 4.79 Å². The quantitative estimate of drug-likeness (QED) is 0.858. The van der Waals surface area contributed by atoms with Gasteiger partial charge in [0.25, 0.3) is 5.91 Å². The molecule has 1 aliphatic heterocycles. The van der Waals surface area contributed by atoms with Gasteiger partial charge in [-0.25, -0.2) is 0 Å². The number of amides is 2. The summed E-state index contributed by atoms with van der Waals surface area (Å²) in [6.45, 7) is 7.54. The summed E-state index contributed by atoms with van der Waals surface area (Å²) >= 11 is 0. The van der Waals surface area contributed by atoms with Gasteiger partial charge in [0.1, 0.15) is 5.75 Å². The summed E-state index contributed by atoms with van der Waals surface area (Å²) in [5, 5.41) is 0. The van der Waals surface area contributed by atoms with E-state index in [0.29, 0.717) is 30.9 Å². The molecule has 0 radical (unpaired) electrons. The van der Waals surface area contributed by atoms with Crippen LogP contribution in [0.2, 0.25) is 0 Å². The number of piperazine rings is 1. The number of hydrogen-bond acceptors (Lipinski definition) is 3. The van der Waals surface area contributed by atoms with Crippen molar-refractivity contribution < 1.29 is 14.3 Å². The third kappa shape index (κ3) is 3.40. The second-order valence-electron chi connectivity index (χ2n) is 6.02. The Hall–Kier alpha value is -2.04. The van der Waals surface area contributed by atoms with Crippen LogP contribution in [0.25, 0.3) is 0 Å². The molecule has 0 spiro atoms. The van der Waals surface area contributed by atoms with E-state index in [2.05, 4.69) is 0 Å². The van der Waals surface area contributed by atoms with Crippen molar-refractivity contribution in [2.24, 2.45) is 5.92 Å². The van der Waals surface area contributed by atoms with Crippen molar-refractivity contribution in [1.82, 2.24) is 9.80 Å². The van der Waals surface area contributed by atoms with Gasteiger partial charge in [-0.3, -0.25) is 9.59 Å². The minimum Gasteiger partial charge on any atom is -0.497 e. The van der Waals surface area contributed by atoms with Crippen LogP contribution in [-0.4, -0.2) is 54.4 Å². The molecule has 5 nitrogen and oxygen atoms in total. The molecule has 0 aromatic heterocycles. The second kappa shape index (κ2) is 6.81. The van der Waals surface area contributed by atoms with Crippen molar-refractivity contribution in [3.8, 4) is 5.75 Å².